The van der Waals surface area contributed by atoms with Crippen molar-refractivity contribution in [2.24, 2.45) is 4.99 Å². The van der Waals surface area contributed by atoms with Crippen LogP contribution in [-0.2, 0) is 13.7 Å². The van der Waals surface area contributed by atoms with Gasteiger partial charge >= 0.3 is 0 Å². The van der Waals surface area contributed by atoms with Crippen molar-refractivity contribution in [3.05, 3.63) is 41.4 Å². The molecule has 128 valence electrons. The first-order valence-electron chi connectivity index (χ1n) is 7.30. The maximum absolute atomic E-state index is 13.1. The molecular formula is C16H13N3O3S3. The molecule has 0 aliphatic carbocycles. The minimum Gasteiger partial charge on any atom is -0.327 e. The number of carbonyl (C=O) groups excluding carboxylic acids is 1. The Morgan fingerprint density at radius 2 is 2.08 bits per heavy atom. The minimum atomic E-state index is -3.59. The number of nitrogens with zero attached hydrogens (tertiary/aromatic N) is 2. The molecule has 25 heavy (non-hydrogen) atoms. The van der Waals surface area contributed by atoms with Crippen LogP contribution < -0.4 is 5.32 Å². The van der Waals surface area contributed by atoms with Gasteiger partial charge in [-0.25, -0.2) is 18.4 Å². The van der Waals surface area contributed by atoms with Crippen LogP contribution >= 0.6 is 21.3 Å². The Labute approximate surface area is 150 Å². The maximum Gasteiger partial charge on any atom is 0.219 e. The minimum absolute atomic E-state index is 0.266. The average Bonchev–Trinajstić information content (AvgIpc) is 3.17. The molecule has 0 saturated carbocycles. The van der Waals surface area contributed by atoms with Gasteiger partial charge in [-0.1, -0.05) is 16.0 Å². The largest absolute Gasteiger partial charge is 0.327 e. The van der Waals surface area contributed by atoms with Gasteiger partial charge in [0.1, 0.15) is 5.69 Å². The van der Waals surface area contributed by atoms with E-state index in [1.165, 1.54) is 16.9 Å². The first kappa shape index (κ1) is 16.2. The molecule has 1 amide bonds. The van der Waals surface area contributed by atoms with Crippen molar-refractivity contribution < 1.29 is 13.2 Å². The zero-order valence-corrected chi connectivity index (χ0v) is 15.5. The molecule has 1 aliphatic rings. The summed E-state index contributed by atoms with van der Waals surface area (Å²) in [6.45, 7) is 1.89. The normalized spacial score (nSPS) is 17.6. The molecular weight excluding hydrogens is 378 g/mol. The molecule has 6 nitrogen and oxygen atoms in total. The predicted octanol–water partition coefficient (Wildman–Crippen LogP) is 3.60. The Kier molecular flexibility index (Phi) is 3.86. The van der Waals surface area contributed by atoms with Crippen molar-refractivity contribution in [3.63, 3.8) is 0 Å². The van der Waals surface area contributed by atoms with Gasteiger partial charge < -0.3 is 5.32 Å². The number of thiol groups is 1. The van der Waals surface area contributed by atoms with E-state index in [0.717, 1.165) is 15.2 Å². The summed E-state index contributed by atoms with van der Waals surface area (Å²) >= 11 is 1.47. The molecule has 1 aromatic heterocycles. The lowest BCUT2D eigenvalue weighted by Gasteiger charge is -2.15. The molecule has 0 bridgehead atoms. The van der Waals surface area contributed by atoms with E-state index in [-0.39, 0.29) is 4.90 Å². The number of aryl methyl sites for hydroxylation is 1. The molecule has 0 fully saturated rings. The summed E-state index contributed by atoms with van der Waals surface area (Å²) < 4.78 is 27.1. The number of benzene rings is 2. The molecule has 0 saturated heterocycles. The standard InChI is InChI=1S/C16H13N3O3S3/c1-10-19-12-6-5-11(7-14(12)23-10)25(21,22)24-9-18-16-13(17-8-20)3-2-4-15(16)24/h2-9,24H,1H3,(H,17,20). The molecule has 1 unspecified atom stereocenters. The van der Waals surface area contributed by atoms with E-state index < -0.39 is 18.8 Å². The lowest BCUT2D eigenvalue weighted by atomic mass is 10.3. The number of hydrogen-bond donors (Lipinski definition) is 2. The van der Waals surface area contributed by atoms with Gasteiger partial charge in [-0.3, -0.25) is 4.79 Å². The third-order valence-corrected chi connectivity index (χ3v) is 10.3. The Morgan fingerprint density at radius 3 is 2.88 bits per heavy atom. The number of anilines is 1. The quantitative estimate of drug-likeness (QED) is 0.404. The lowest BCUT2D eigenvalue weighted by molar-refractivity contribution is -0.105. The van der Waals surface area contributed by atoms with E-state index in [1.807, 2.05) is 6.92 Å². The van der Waals surface area contributed by atoms with E-state index in [2.05, 4.69) is 15.3 Å². The number of rotatable bonds is 4. The van der Waals surface area contributed by atoms with Crippen molar-refractivity contribution in [1.82, 2.24) is 4.98 Å². The number of aromatic nitrogens is 1. The van der Waals surface area contributed by atoms with Crippen LogP contribution in [0.5, 0.6) is 0 Å². The zero-order valence-electron chi connectivity index (χ0n) is 13.0. The average molecular weight is 391 g/mol. The van der Waals surface area contributed by atoms with E-state index in [1.54, 1.807) is 36.4 Å². The summed E-state index contributed by atoms with van der Waals surface area (Å²) in [5, 5.41) is 3.46. The number of nitrogens with one attached hydrogen (secondary N) is 1. The van der Waals surface area contributed by atoms with Gasteiger partial charge in [0.05, 0.1) is 31.4 Å². The lowest BCUT2D eigenvalue weighted by Crippen LogP contribution is -2.02. The van der Waals surface area contributed by atoms with Crippen molar-refractivity contribution in [1.29, 1.82) is 0 Å². The molecule has 2 heterocycles. The fourth-order valence-electron chi connectivity index (χ4n) is 2.68. The highest BCUT2D eigenvalue weighted by Gasteiger charge is 2.30. The SMILES string of the molecule is Cc1nc2ccc(S(=O)(=O)[SH]3C=Nc4c(NC=O)cccc43)cc2s1. The van der Waals surface area contributed by atoms with E-state index in [9.17, 15) is 13.2 Å². The number of para-hydroxylation sites is 1. The van der Waals surface area contributed by atoms with Gasteiger partial charge in [-0.15, -0.1) is 11.3 Å². The smallest absolute Gasteiger partial charge is 0.219 e. The molecule has 1 atom stereocenters. The number of aliphatic imine (C=N–C) groups is 1. The van der Waals surface area contributed by atoms with Gasteiger partial charge in [-0.2, -0.15) is 0 Å². The highest BCUT2D eigenvalue weighted by molar-refractivity contribution is 8.86. The molecule has 2 aromatic carbocycles. The Balaban J connectivity index is 1.81. The highest BCUT2D eigenvalue weighted by Crippen LogP contribution is 2.54. The van der Waals surface area contributed by atoms with E-state index >= 15 is 0 Å². The summed E-state index contributed by atoms with van der Waals surface area (Å²) in [6, 6.07) is 10.2. The summed E-state index contributed by atoms with van der Waals surface area (Å²) in [5.74, 6) is 0. The van der Waals surface area contributed by atoms with Gasteiger partial charge in [0.15, 0.2) is 0 Å². The second kappa shape index (κ2) is 5.94. The number of thiazole rings is 1. The van der Waals surface area contributed by atoms with Crippen molar-refractivity contribution in [2.75, 3.05) is 5.32 Å². The van der Waals surface area contributed by atoms with Crippen LogP contribution in [0.1, 0.15) is 5.01 Å². The summed E-state index contributed by atoms with van der Waals surface area (Å²) in [6.07, 6.45) is 0.556. The van der Waals surface area contributed by atoms with Crippen LogP contribution in [0.4, 0.5) is 11.4 Å². The van der Waals surface area contributed by atoms with Crippen LogP contribution in [0.25, 0.3) is 10.2 Å². The fraction of sp³-hybridized carbons (Fsp3) is 0.0625. The van der Waals surface area contributed by atoms with Crippen molar-refractivity contribution in [2.45, 2.75) is 16.7 Å². The maximum atomic E-state index is 13.1. The van der Waals surface area contributed by atoms with Gasteiger partial charge in [0, 0.05) is 4.90 Å². The third-order valence-electron chi connectivity index (χ3n) is 3.78. The topological polar surface area (TPSA) is 88.5 Å². The molecule has 1 N–H and O–H groups in total. The summed E-state index contributed by atoms with van der Waals surface area (Å²) in [5.41, 5.74) is 3.30. The fourth-order valence-corrected chi connectivity index (χ4v) is 8.46. The number of amides is 1. The first-order valence-corrected chi connectivity index (χ1v) is 11.6. The second-order valence-electron chi connectivity index (χ2n) is 5.34. The summed E-state index contributed by atoms with van der Waals surface area (Å²) in [4.78, 5) is 20.2. The Bertz CT molecular complexity index is 1140. The predicted molar refractivity (Wildman–Crippen MR) is 103 cm³/mol. The van der Waals surface area contributed by atoms with Crippen LogP contribution in [0.2, 0.25) is 0 Å². The second-order valence-corrected chi connectivity index (χ2v) is 12.0. The molecule has 0 spiro atoms. The van der Waals surface area contributed by atoms with Crippen molar-refractivity contribution in [3.8, 4) is 0 Å². The van der Waals surface area contributed by atoms with E-state index in [4.69, 9.17) is 0 Å². The summed E-state index contributed by atoms with van der Waals surface area (Å²) in [7, 11) is -5.23. The molecule has 4 rings (SSSR count). The molecule has 3 aromatic rings. The van der Waals surface area contributed by atoms with Crippen LogP contribution in [0.3, 0.4) is 0 Å². The number of carbonyl (C=O) groups is 1. The number of fused-ring (bicyclic) bond motifs is 2. The number of hydrogen-bond acceptors (Lipinski definition) is 6. The van der Waals surface area contributed by atoms with Gasteiger partial charge in [0.2, 0.25) is 15.3 Å². The van der Waals surface area contributed by atoms with Crippen molar-refractivity contribution >= 4 is 63.7 Å². The monoisotopic (exact) mass is 391 g/mol. The zero-order chi connectivity index (χ0) is 17.6. The van der Waals surface area contributed by atoms with Crippen LogP contribution in [-0.4, -0.2) is 25.4 Å². The third kappa shape index (κ3) is 2.64. The van der Waals surface area contributed by atoms with Crippen LogP contribution in [0, 0.1) is 6.92 Å². The molecule has 9 heteroatoms. The van der Waals surface area contributed by atoms with Gasteiger partial charge in [-0.05, 0) is 37.3 Å². The first-order chi connectivity index (χ1) is 12.0. The highest BCUT2D eigenvalue weighted by atomic mass is 33.2. The Morgan fingerprint density at radius 1 is 1.24 bits per heavy atom. The Hall–Kier alpha value is -2.23. The van der Waals surface area contributed by atoms with Gasteiger partial charge in [0.25, 0.3) is 0 Å². The molecule has 0 radical (unpaired) electrons. The molecule has 1 aliphatic heterocycles. The van der Waals surface area contributed by atoms with E-state index in [0.29, 0.717) is 22.7 Å². The van der Waals surface area contributed by atoms with Crippen LogP contribution in [0.15, 0.2) is 51.2 Å².